The summed E-state index contributed by atoms with van der Waals surface area (Å²) in [5, 5.41) is 3.42. The summed E-state index contributed by atoms with van der Waals surface area (Å²) < 4.78 is 9.18. The molecule has 0 aliphatic heterocycles. The van der Waals surface area contributed by atoms with Gasteiger partial charge < -0.3 is 9.26 Å². The van der Waals surface area contributed by atoms with Gasteiger partial charge in [0.05, 0.1) is 13.2 Å². The third-order valence-corrected chi connectivity index (χ3v) is 1.22. The van der Waals surface area contributed by atoms with Crippen molar-refractivity contribution in [3.63, 3.8) is 0 Å². The highest BCUT2D eigenvalue weighted by Crippen LogP contribution is 1.92. The molecule has 0 saturated carbocycles. The molecule has 1 aromatic rings. The molecule has 0 fully saturated rings. The molecule has 0 aromatic carbocycles. The first kappa shape index (κ1) is 9.69. The van der Waals surface area contributed by atoms with Crippen molar-refractivity contribution < 1.29 is 18.9 Å². The quantitative estimate of drug-likeness (QED) is 0.516. The van der Waals surface area contributed by atoms with Crippen molar-refractivity contribution >= 4 is 5.91 Å². The Bertz CT molecular complexity index is 247. The van der Waals surface area contributed by atoms with Crippen LogP contribution in [0.3, 0.4) is 0 Å². The summed E-state index contributed by atoms with van der Waals surface area (Å²) in [5.41, 5.74) is 2.36. The minimum absolute atomic E-state index is 0.178. The van der Waals surface area contributed by atoms with Crippen LogP contribution in [0.1, 0.15) is 10.5 Å². The van der Waals surface area contributed by atoms with Crippen LogP contribution >= 0.6 is 0 Å². The molecule has 1 amide bonds. The standard InChI is InChI=1S/C7H10N2O4/c1-11-4-5-13-9-7(10)6-2-3-12-8-6/h2-3H,4-5H2,1H3,(H,9,10). The lowest BCUT2D eigenvalue weighted by Crippen LogP contribution is -2.25. The molecular weight excluding hydrogens is 176 g/mol. The van der Waals surface area contributed by atoms with E-state index in [0.29, 0.717) is 13.2 Å². The highest BCUT2D eigenvalue weighted by molar-refractivity contribution is 5.91. The van der Waals surface area contributed by atoms with Gasteiger partial charge in [-0.3, -0.25) is 9.63 Å². The minimum Gasteiger partial charge on any atom is -0.382 e. The minimum atomic E-state index is -0.440. The average molecular weight is 186 g/mol. The summed E-state index contributed by atoms with van der Waals surface area (Å²) in [6.07, 6.45) is 1.31. The Morgan fingerprint density at radius 3 is 3.15 bits per heavy atom. The topological polar surface area (TPSA) is 73.6 Å². The molecule has 1 N–H and O–H groups in total. The lowest BCUT2D eigenvalue weighted by Gasteiger charge is -2.02. The van der Waals surface area contributed by atoms with Gasteiger partial charge in [0.15, 0.2) is 5.69 Å². The van der Waals surface area contributed by atoms with Gasteiger partial charge in [0, 0.05) is 13.2 Å². The second-order valence-electron chi connectivity index (χ2n) is 2.16. The van der Waals surface area contributed by atoms with Crippen LogP contribution < -0.4 is 5.48 Å². The van der Waals surface area contributed by atoms with Gasteiger partial charge in [-0.05, 0) is 0 Å². The molecule has 1 aromatic heterocycles. The van der Waals surface area contributed by atoms with E-state index in [2.05, 4.69) is 15.2 Å². The highest BCUT2D eigenvalue weighted by atomic mass is 16.7. The summed E-state index contributed by atoms with van der Waals surface area (Å²) in [5.74, 6) is -0.440. The van der Waals surface area contributed by atoms with Crippen LogP contribution in [0.25, 0.3) is 0 Å². The van der Waals surface area contributed by atoms with Crippen LogP contribution in [0, 0.1) is 0 Å². The van der Waals surface area contributed by atoms with E-state index in [4.69, 9.17) is 9.57 Å². The van der Waals surface area contributed by atoms with E-state index in [9.17, 15) is 4.79 Å². The number of hydrogen-bond donors (Lipinski definition) is 1. The maximum atomic E-state index is 11.1. The molecule has 0 aliphatic rings. The molecule has 0 radical (unpaired) electrons. The molecule has 6 heteroatoms. The first-order valence-electron chi connectivity index (χ1n) is 3.66. The van der Waals surface area contributed by atoms with Crippen LogP contribution in [0.4, 0.5) is 0 Å². The van der Waals surface area contributed by atoms with Gasteiger partial charge in [0.1, 0.15) is 6.26 Å². The third-order valence-electron chi connectivity index (χ3n) is 1.22. The van der Waals surface area contributed by atoms with Gasteiger partial charge in [-0.1, -0.05) is 5.16 Å². The number of aromatic nitrogens is 1. The monoisotopic (exact) mass is 186 g/mol. The zero-order chi connectivity index (χ0) is 9.52. The van der Waals surface area contributed by atoms with Gasteiger partial charge in [-0.15, -0.1) is 0 Å². The summed E-state index contributed by atoms with van der Waals surface area (Å²) in [6.45, 7) is 0.708. The maximum absolute atomic E-state index is 11.1. The van der Waals surface area contributed by atoms with Crippen LogP contribution in [-0.2, 0) is 9.57 Å². The smallest absolute Gasteiger partial charge is 0.296 e. The number of carbonyl (C=O) groups is 1. The predicted octanol–water partition coefficient (Wildman–Crippen LogP) is -0.0176. The lowest BCUT2D eigenvalue weighted by atomic mass is 10.4. The van der Waals surface area contributed by atoms with Gasteiger partial charge >= 0.3 is 0 Å². The maximum Gasteiger partial charge on any atom is 0.296 e. The fraction of sp³-hybridized carbons (Fsp3) is 0.429. The zero-order valence-corrected chi connectivity index (χ0v) is 7.15. The van der Waals surface area contributed by atoms with E-state index in [1.807, 2.05) is 0 Å². The Morgan fingerprint density at radius 2 is 2.54 bits per heavy atom. The largest absolute Gasteiger partial charge is 0.382 e. The number of hydrogen-bond acceptors (Lipinski definition) is 5. The Kier molecular flexibility index (Phi) is 3.94. The van der Waals surface area contributed by atoms with E-state index in [-0.39, 0.29) is 5.69 Å². The van der Waals surface area contributed by atoms with Crippen LogP contribution in [0.15, 0.2) is 16.9 Å². The van der Waals surface area contributed by atoms with E-state index < -0.39 is 5.91 Å². The number of nitrogens with one attached hydrogen (secondary N) is 1. The number of methoxy groups -OCH3 is 1. The summed E-state index contributed by atoms with van der Waals surface area (Å²) in [4.78, 5) is 15.8. The van der Waals surface area contributed by atoms with Crippen LogP contribution in [0.2, 0.25) is 0 Å². The molecule has 6 nitrogen and oxygen atoms in total. The van der Waals surface area contributed by atoms with E-state index >= 15 is 0 Å². The Labute approximate surface area is 74.7 Å². The molecular formula is C7H10N2O4. The van der Waals surface area contributed by atoms with Gasteiger partial charge in [-0.2, -0.15) is 0 Å². The van der Waals surface area contributed by atoms with Crippen molar-refractivity contribution in [1.82, 2.24) is 10.6 Å². The first-order chi connectivity index (χ1) is 6.34. The zero-order valence-electron chi connectivity index (χ0n) is 7.15. The normalized spacial score (nSPS) is 9.92. The predicted molar refractivity (Wildman–Crippen MR) is 41.8 cm³/mol. The third kappa shape index (κ3) is 3.22. The SMILES string of the molecule is COCCONC(=O)c1ccon1. The van der Waals surface area contributed by atoms with Gasteiger partial charge in [-0.25, -0.2) is 5.48 Å². The molecule has 0 spiro atoms. The number of ether oxygens (including phenoxy) is 1. The highest BCUT2D eigenvalue weighted by Gasteiger charge is 2.07. The van der Waals surface area contributed by atoms with Crippen LogP contribution in [0.5, 0.6) is 0 Å². The fourth-order valence-corrected chi connectivity index (χ4v) is 0.624. The van der Waals surface area contributed by atoms with E-state index in [1.54, 1.807) is 7.11 Å². The molecule has 0 saturated heterocycles. The second kappa shape index (κ2) is 5.28. The van der Waals surface area contributed by atoms with E-state index in [1.165, 1.54) is 12.3 Å². The molecule has 0 unspecified atom stereocenters. The van der Waals surface area contributed by atoms with Crippen molar-refractivity contribution in [3.05, 3.63) is 18.0 Å². The van der Waals surface area contributed by atoms with Crippen molar-refractivity contribution in [3.8, 4) is 0 Å². The molecule has 0 bridgehead atoms. The van der Waals surface area contributed by atoms with Crippen molar-refractivity contribution in [1.29, 1.82) is 0 Å². The van der Waals surface area contributed by atoms with Crippen molar-refractivity contribution in [2.24, 2.45) is 0 Å². The van der Waals surface area contributed by atoms with Gasteiger partial charge in [0.2, 0.25) is 0 Å². The lowest BCUT2D eigenvalue weighted by molar-refractivity contribution is 0.00838. The van der Waals surface area contributed by atoms with Crippen LogP contribution in [-0.4, -0.2) is 31.4 Å². The Hall–Kier alpha value is -1.40. The van der Waals surface area contributed by atoms with Crippen molar-refractivity contribution in [2.75, 3.05) is 20.3 Å². The molecule has 0 atom stereocenters. The number of carbonyl (C=O) groups excluding carboxylic acids is 1. The van der Waals surface area contributed by atoms with E-state index in [0.717, 1.165) is 0 Å². The molecule has 72 valence electrons. The van der Waals surface area contributed by atoms with Crippen molar-refractivity contribution in [2.45, 2.75) is 0 Å². The number of nitrogens with zero attached hydrogens (tertiary/aromatic N) is 1. The summed E-state index contributed by atoms with van der Waals surface area (Å²) in [6, 6.07) is 1.44. The molecule has 0 aliphatic carbocycles. The number of amides is 1. The fourth-order valence-electron chi connectivity index (χ4n) is 0.624. The first-order valence-corrected chi connectivity index (χ1v) is 3.66. The Morgan fingerprint density at radius 1 is 1.69 bits per heavy atom. The summed E-state index contributed by atoms with van der Waals surface area (Å²) in [7, 11) is 1.54. The number of rotatable bonds is 5. The summed E-state index contributed by atoms with van der Waals surface area (Å²) >= 11 is 0. The average Bonchev–Trinajstić information content (AvgIpc) is 2.65. The Balaban J connectivity index is 2.19. The molecule has 13 heavy (non-hydrogen) atoms. The van der Waals surface area contributed by atoms with Gasteiger partial charge in [0.25, 0.3) is 5.91 Å². The number of hydroxylamine groups is 1. The second-order valence-corrected chi connectivity index (χ2v) is 2.16. The molecule has 1 heterocycles. The molecule has 1 rings (SSSR count).